The van der Waals surface area contributed by atoms with Crippen molar-refractivity contribution in [3.8, 4) is 0 Å². The Morgan fingerprint density at radius 3 is 2.38 bits per heavy atom. The van der Waals surface area contributed by atoms with Crippen LogP contribution in [0.25, 0.3) is 0 Å². The molecule has 1 atom stereocenters. The Labute approximate surface area is 89.5 Å². The number of carboxylic acid groups (broad SMARTS) is 1. The van der Waals surface area contributed by atoms with Crippen LogP contribution in [-0.4, -0.2) is 18.2 Å². The van der Waals surface area contributed by atoms with Crippen molar-refractivity contribution in [3.05, 3.63) is 35.4 Å². The number of aliphatic carboxylic acids is 1. The second-order valence-electron chi connectivity index (χ2n) is 3.04. The van der Waals surface area contributed by atoms with E-state index in [1.807, 2.05) is 0 Å². The third-order valence-corrected chi connectivity index (χ3v) is 2.01. The van der Waals surface area contributed by atoms with Gasteiger partial charge in [-0.25, -0.2) is 4.79 Å². The molecule has 0 radical (unpaired) electrons. The maximum Gasteiger partial charge on any atom is 0.416 e. The maximum absolute atomic E-state index is 12.6. The van der Waals surface area contributed by atoms with E-state index >= 15 is 0 Å². The lowest BCUT2D eigenvalue weighted by Gasteiger charge is -2.16. The second-order valence-corrected chi connectivity index (χ2v) is 3.04. The molecule has 1 aromatic rings. The van der Waals surface area contributed by atoms with Crippen molar-refractivity contribution in [2.45, 2.75) is 12.3 Å². The highest BCUT2D eigenvalue weighted by Crippen LogP contribution is 2.35. The van der Waals surface area contributed by atoms with Crippen LogP contribution in [0.4, 0.5) is 13.2 Å². The van der Waals surface area contributed by atoms with Crippen molar-refractivity contribution in [3.63, 3.8) is 0 Å². The lowest BCUT2D eigenvalue weighted by Crippen LogP contribution is -2.19. The summed E-state index contributed by atoms with van der Waals surface area (Å²) in [7, 11) is 1.05. The van der Waals surface area contributed by atoms with Crippen LogP contribution in [0.15, 0.2) is 24.3 Å². The van der Waals surface area contributed by atoms with Gasteiger partial charge in [0.1, 0.15) is 0 Å². The highest BCUT2D eigenvalue weighted by atomic mass is 19.4. The van der Waals surface area contributed by atoms with Gasteiger partial charge in [-0.2, -0.15) is 13.2 Å². The number of methoxy groups -OCH3 is 1. The first-order chi connectivity index (χ1) is 7.38. The molecule has 1 unspecified atom stereocenters. The zero-order valence-electron chi connectivity index (χ0n) is 8.28. The predicted octanol–water partition coefficient (Wildman–Crippen LogP) is 2.48. The first-order valence-corrected chi connectivity index (χ1v) is 4.29. The van der Waals surface area contributed by atoms with Gasteiger partial charge in [0, 0.05) is 12.7 Å². The molecule has 0 spiro atoms. The molecular weight excluding hydrogens is 225 g/mol. The molecule has 0 aromatic heterocycles. The number of alkyl halides is 3. The van der Waals surface area contributed by atoms with Crippen molar-refractivity contribution in [2.24, 2.45) is 0 Å². The quantitative estimate of drug-likeness (QED) is 0.873. The number of halogens is 3. The molecule has 0 heterocycles. The van der Waals surface area contributed by atoms with Crippen LogP contribution < -0.4 is 0 Å². The summed E-state index contributed by atoms with van der Waals surface area (Å²) >= 11 is 0. The van der Waals surface area contributed by atoms with Crippen LogP contribution in [-0.2, 0) is 15.7 Å². The van der Waals surface area contributed by atoms with Crippen LogP contribution in [0.1, 0.15) is 17.2 Å². The number of hydrogen-bond donors (Lipinski definition) is 1. The first kappa shape index (κ1) is 12.5. The highest BCUT2D eigenvalue weighted by Gasteiger charge is 2.36. The molecule has 3 nitrogen and oxygen atoms in total. The van der Waals surface area contributed by atoms with E-state index in [9.17, 15) is 18.0 Å². The fraction of sp³-hybridized carbons (Fsp3) is 0.300. The van der Waals surface area contributed by atoms with E-state index in [1.165, 1.54) is 12.1 Å². The summed E-state index contributed by atoms with van der Waals surface area (Å²) in [6.07, 6.45) is -6.21. The van der Waals surface area contributed by atoms with E-state index in [4.69, 9.17) is 5.11 Å². The summed E-state index contributed by atoms with van der Waals surface area (Å²) in [6, 6.07) is 4.44. The summed E-state index contributed by atoms with van der Waals surface area (Å²) in [5, 5.41) is 8.72. The Bertz CT molecular complexity index is 387. The average molecular weight is 234 g/mol. The zero-order chi connectivity index (χ0) is 12.3. The van der Waals surface area contributed by atoms with Gasteiger partial charge in [0.05, 0.1) is 5.56 Å². The zero-order valence-corrected chi connectivity index (χ0v) is 8.28. The SMILES string of the molecule is COC(C(=O)O)c1ccccc1C(F)(F)F. The number of rotatable bonds is 3. The van der Waals surface area contributed by atoms with Gasteiger partial charge in [-0.05, 0) is 6.07 Å². The third kappa shape index (κ3) is 2.52. The maximum atomic E-state index is 12.6. The van der Waals surface area contributed by atoms with Gasteiger partial charge >= 0.3 is 12.1 Å². The lowest BCUT2D eigenvalue weighted by atomic mass is 10.0. The van der Waals surface area contributed by atoms with E-state index in [0.717, 1.165) is 19.2 Å². The number of carbonyl (C=O) groups is 1. The summed E-state index contributed by atoms with van der Waals surface area (Å²) in [4.78, 5) is 10.7. The number of ether oxygens (including phenoxy) is 1. The van der Waals surface area contributed by atoms with E-state index < -0.39 is 29.4 Å². The third-order valence-electron chi connectivity index (χ3n) is 2.01. The van der Waals surface area contributed by atoms with Gasteiger partial charge in [-0.15, -0.1) is 0 Å². The number of carboxylic acids is 1. The molecule has 6 heteroatoms. The van der Waals surface area contributed by atoms with E-state index in [1.54, 1.807) is 0 Å². The molecule has 88 valence electrons. The molecule has 0 bridgehead atoms. The fourth-order valence-corrected chi connectivity index (χ4v) is 1.34. The normalized spacial score (nSPS) is 13.5. The summed E-state index contributed by atoms with van der Waals surface area (Å²) in [5.74, 6) is -1.46. The summed E-state index contributed by atoms with van der Waals surface area (Å²) in [5.41, 5.74) is -1.39. The van der Waals surface area contributed by atoms with Crippen molar-refractivity contribution >= 4 is 5.97 Å². The van der Waals surface area contributed by atoms with Crippen LogP contribution in [0.2, 0.25) is 0 Å². The van der Waals surface area contributed by atoms with Gasteiger partial charge < -0.3 is 9.84 Å². The van der Waals surface area contributed by atoms with Crippen molar-refractivity contribution in [2.75, 3.05) is 7.11 Å². The minimum atomic E-state index is -4.59. The molecule has 0 fully saturated rings. The van der Waals surface area contributed by atoms with Crippen molar-refractivity contribution in [1.29, 1.82) is 0 Å². The number of benzene rings is 1. The van der Waals surface area contributed by atoms with Gasteiger partial charge in [-0.1, -0.05) is 18.2 Å². The molecule has 1 rings (SSSR count). The molecule has 1 N–H and O–H groups in total. The molecule has 0 saturated heterocycles. The molecule has 16 heavy (non-hydrogen) atoms. The Morgan fingerprint density at radius 1 is 1.38 bits per heavy atom. The minimum absolute atomic E-state index is 0.398. The second kappa shape index (κ2) is 4.52. The molecule has 0 amide bonds. The molecule has 1 aromatic carbocycles. The summed E-state index contributed by atoms with van der Waals surface area (Å²) < 4.78 is 42.2. The monoisotopic (exact) mass is 234 g/mol. The molecule has 0 aliphatic rings. The van der Waals surface area contributed by atoms with Crippen LogP contribution in [0.3, 0.4) is 0 Å². The van der Waals surface area contributed by atoms with Crippen LogP contribution in [0.5, 0.6) is 0 Å². The minimum Gasteiger partial charge on any atom is -0.479 e. The summed E-state index contributed by atoms with van der Waals surface area (Å²) in [6.45, 7) is 0. The van der Waals surface area contributed by atoms with Crippen LogP contribution in [0, 0.1) is 0 Å². The Morgan fingerprint density at radius 2 is 1.94 bits per heavy atom. The van der Waals surface area contributed by atoms with Crippen molar-refractivity contribution in [1.82, 2.24) is 0 Å². The Kier molecular flexibility index (Phi) is 3.54. The van der Waals surface area contributed by atoms with E-state index in [2.05, 4.69) is 4.74 Å². The van der Waals surface area contributed by atoms with Gasteiger partial charge in [0.2, 0.25) is 0 Å². The smallest absolute Gasteiger partial charge is 0.416 e. The molecule has 0 aliphatic carbocycles. The Balaban J connectivity index is 3.27. The Hall–Kier alpha value is -1.56. The van der Waals surface area contributed by atoms with Gasteiger partial charge in [-0.3, -0.25) is 0 Å². The molecular formula is C10H9F3O3. The molecule has 0 saturated carbocycles. The standard InChI is InChI=1S/C10H9F3O3/c1-16-8(9(14)15)6-4-2-3-5-7(6)10(11,12)13/h2-5,8H,1H3,(H,14,15). The van der Waals surface area contributed by atoms with E-state index in [0.29, 0.717) is 0 Å². The van der Waals surface area contributed by atoms with E-state index in [-0.39, 0.29) is 0 Å². The molecule has 0 aliphatic heterocycles. The lowest BCUT2D eigenvalue weighted by molar-refractivity contribution is -0.151. The fourth-order valence-electron chi connectivity index (χ4n) is 1.34. The predicted molar refractivity (Wildman–Crippen MR) is 48.8 cm³/mol. The topological polar surface area (TPSA) is 46.5 Å². The van der Waals surface area contributed by atoms with Gasteiger partial charge in [0.15, 0.2) is 6.10 Å². The van der Waals surface area contributed by atoms with Gasteiger partial charge in [0.25, 0.3) is 0 Å². The number of hydrogen-bond acceptors (Lipinski definition) is 2. The average Bonchev–Trinajstić information content (AvgIpc) is 2.17. The van der Waals surface area contributed by atoms with Crippen LogP contribution >= 0.6 is 0 Å². The van der Waals surface area contributed by atoms with Crippen molar-refractivity contribution < 1.29 is 27.8 Å². The largest absolute Gasteiger partial charge is 0.479 e. The highest BCUT2D eigenvalue weighted by molar-refractivity contribution is 5.75. The first-order valence-electron chi connectivity index (χ1n) is 4.29.